The quantitative estimate of drug-likeness (QED) is 0.384. The van der Waals surface area contributed by atoms with Gasteiger partial charge in [0.2, 0.25) is 0 Å². The Morgan fingerprint density at radius 1 is 0.773 bits per heavy atom. The summed E-state index contributed by atoms with van der Waals surface area (Å²) in [5, 5.41) is 7.35. The molecule has 8 heteroatoms. The van der Waals surface area contributed by atoms with Gasteiger partial charge in [-0.3, -0.25) is 0 Å². The molecule has 0 heterocycles. The van der Waals surface area contributed by atoms with Crippen molar-refractivity contribution in [2.24, 2.45) is 10.2 Å². The zero-order valence-electron chi connectivity index (χ0n) is 10.6. The van der Waals surface area contributed by atoms with E-state index >= 15 is 0 Å². The number of halogens is 6. The number of rotatable bonds is 3. The van der Waals surface area contributed by atoms with E-state index in [1.807, 2.05) is 0 Å². The van der Waals surface area contributed by atoms with Gasteiger partial charge < -0.3 is 0 Å². The number of nitrogens with zero attached hydrogens (tertiary/aromatic N) is 2. The first-order chi connectivity index (χ1) is 10.4. The monoisotopic (exact) mass is 468 g/mol. The van der Waals surface area contributed by atoms with Crippen molar-refractivity contribution in [3.63, 3.8) is 0 Å². The van der Waals surface area contributed by atoms with Gasteiger partial charge in [0, 0.05) is 11.1 Å². The number of hydrogen-bond acceptors (Lipinski definition) is 2. The van der Waals surface area contributed by atoms with E-state index in [-0.39, 0.29) is 10.3 Å². The first-order valence-corrected chi connectivity index (χ1v) is 8.10. The van der Waals surface area contributed by atoms with Gasteiger partial charge in [0.25, 0.3) is 0 Å². The molecule has 0 fully saturated rings. The fourth-order valence-corrected chi connectivity index (χ4v) is 2.26. The Kier molecular flexibility index (Phi) is 6.09. The van der Waals surface area contributed by atoms with Crippen LogP contribution in [0.15, 0.2) is 55.5 Å². The zero-order valence-corrected chi connectivity index (χ0v) is 15.3. The van der Waals surface area contributed by atoms with Crippen molar-refractivity contribution >= 4 is 65.4 Å². The molecule has 0 saturated heterocycles. The molecule has 0 N–H and O–H groups in total. The number of hydrogen-bond donors (Lipinski definition) is 0. The minimum absolute atomic E-state index is 0.0397. The molecule has 0 atom stereocenters. The van der Waals surface area contributed by atoms with Crippen molar-refractivity contribution in [2.75, 3.05) is 0 Å². The van der Waals surface area contributed by atoms with E-state index in [1.165, 1.54) is 24.3 Å². The predicted molar refractivity (Wildman–Crippen MR) is 93.0 cm³/mol. The lowest BCUT2D eigenvalue weighted by Crippen LogP contribution is -1.95. The van der Waals surface area contributed by atoms with Crippen LogP contribution in [0.25, 0.3) is 0 Å². The SMILES string of the molecule is Fc1cc(/C(Cl)=N/N=C(\Cl)c2ccc(Br)c(F)c2)ccc1Br. The van der Waals surface area contributed by atoms with E-state index in [4.69, 9.17) is 23.2 Å². The second kappa shape index (κ2) is 7.64. The molecule has 0 radical (unpaired) electrons. The highest BCUT2D eigenvalue weighted by Crippen LogP contribution is 2.19. The molecule has 0 aliphatic heterocycles. The van der Waals surface area contributed by atoms with Gasteiger partial charge in [-0.15, -0.1) is 10.2 Å². The summed E-state index contributed by atoms with van der Waals surface area (Å²) in [6.45, 7) is 0. The van der Waals surface area contributed by atoms with Crippen molar-refractivity contribution in [3.8, 4) is 0 Å². The lowest BCUT2D eigenvalue weighted by molar-refractivity contribution is 0.620. The van der Waals surface area contributed by atoms with Crippen LogP contribution >= 0.6 is 55.1 Å². The van der Waals surface area contributed by atoms with Crippen LogP contribution in [0, 0.1) is 11.6 Å². The molecule has 22 heavy (non-hydrogen) atoms. The average molecular weight is 471 g/mol. The third-order valence-corrected chi connectivity index (χ3v) is 4.42. The molecule has 0 bridgehead atoms. The van der Waals surface area contributed by atoms with Gasteiger partial charge in [-0.25, -0.2) is 8.78 Å². The van der Waals surface area contributed by atoms with Crippen LogP contribution in [0.5, 0.6) is 0 Å². The second-order valence-corrected chi connectivity index (χ2v) is 6.46. The van der Waals surface area contributed by atoms with Crippen LogP contribution in [-0.4, -0.2) is 10.3 Å². The predicted octanol–water partition coefficient (Wildman–Crippen LogP) is 6.08. The minimum atomic E-state index is -0.476. The molecule has 0 spiro atoms. The van der Waals surface area contributed by atoms with E-state index in [0.717, 1.165) is 0 Å². The Morgan fingerprint density at radius 3 is 1.45 bits per heavy atom. The summed E-state index contributed by atoms with van der Waals surface area (Å²) in [5.41, 5.74) is 0.690. The largest absolute Gasteiger partial charge is 0.206 e. The van der Waals surface area contributed by atoms with Gasteiger partial charge in [0.15, 0.2) is 10.3 Å². The smallest absolute Gasteiger partial charge is 0.159 e. The van der Waals surface area contributed by atoms with Gasteiger partial charge in [-0.1, -0.05) is 35.3 Å². The van der Waals surface area contributed by atoms with Crippen LogP contribution in [0.1, 0.15) is 11.1 Å². The molecule has 0 amide bonds. The molecule has 2 nitrogen and oxygen atoms in total. The summed E-state index contributed by atoms with van der Waals surface area (Å²) in [7, 11) is 0. The van der Waals surface area contributed by atoms with E-state index in [1.54, 1.807) is 12.1 Å². The van der Waals surface area contributed by atoms with Crippen molar-refractivity contribution in [1.82, 2.24) is 0 Å². The molecule has 2 aromatic carbocycles. The number of benzene rings is 2. The maximum absolute atomic E-state index is 13.4. The molecule has 0 aromatic heterocycles. The van der Waals surface area contributed by atoms with E-state index in [2.05, 4.69) is 42.1 Å². The lowest BCUT2D eigenvalue weighted by Gasteiger charge is -2.00. The van der Waals surface area contributed by atoms with Crippen molar-refractivity contribution in [1.29, 1.82) is 0 Å². The highest BCUT2D eigenvalue weighted by molar-refractivity contribution is 9.10. The Labute approximate surface area is 152 Å². The maximum atomic E-state index is 13.4. The molecule has 114 valence electrons. The highest BCUT2D eigenvalue weighted by Gasteiger charge is 2.07. The standard InChI is InChI=1S/C14H6Br2Cl2F2N2/c15-9-3-1-7(5-11(9)19)13(17)21-22-14(18)8-2-4-10(16)12(20)6-8/h1-6H/b21-13-,22-14-. The average Bonchev–Trinajstić information content (AvgIpc) is 2.50. The Bertz CT molecular complexity index is 714. The van der Waals surface area contributed by atoms with Crippen molar-refractivity contribution in [2.45, 2.75) is 0 Å². The summed E-state index contributed by atoms with van der Waals surface area (Å²) >= 11 is 18.0. The summed E-state index contributed by atoms with van der Waals surface area (Å²) < 4.78 is 27.5. The van der Waals surface area contributed by atoms with E-state index < -0.39 is 11.6 Å². The van der Waals surface area contributed by atoms with Gasteiger partial charge in [0.05, 0.1) is 8.95 Å². The van der Waals surface area contributed by atoms with Crippen molar-refractivity contribution in [3.05, 3.63) is 68.1 Å². The lowest BCUT2D eigenvalue weighted by atomic mass is 10.2. The normalized spacial score (nSPS) is 12.6. The summed E-state index contributed by atoms with van der Waals surface area (Å²) in [4.78, 5) is 0. The first kappa shape index (κ1) is 17.5. The van der Waals surface area contributed by atoms with Crippen LogP contribution in [-0.2, 0) is 0 Å². The van der Waals surface area contributed by atoms with E-state index in [0.29, 0.717) is 20.1 Å². The first-order valence-electron chi connectivity index (χ1n) is 5.76. The van der Waals surface area contributed by atoms with Crippen LogP contribution in [0.4, 0.5) is 8.78 Å². The summed E-state index contributed by atoms with van der Waals surface area (Å²) in [5.74, 6) is -0.952. The minimum Gasteiger partial charge on any atom is -0.206 e. The molecule has 0 saturated carbocycles. The maximum Gasteiger partial charge on any atom is 0.159 e. The molecular formula is C14H6Br2Cl2F2N2. The molecule has 0 unspecified atom stereocenters. The summed E-state index contributed by atoms with van der Waals surface area (Å²) in [6.07, 6.45) is 0. The van der Waals surface area contributed by atoms with Gasteiger partial charge >= 0.3 is 0 Å². The topological polar surface area (TPSA) is 24.7 Å². The summed E-state index contributed by atoms with van der Waals surface area (Å²) in [6, 6.07) is 8.55. The fourth-order valence-electron chi connectivity index (χ4n) is 1.45. The molecule has 0 aliphatic rings. The Balaban J connectivity index is 2.27. The zero-order chi connectivity index (χ0) is 16.3. The Morgan fingerprint density at radius 2 is 1.14 bits per heavy atom. The molecule has 2 aromatic rings. The van der Waals surface area contributed by atoms with E-state index in [9.17, 15) is 8.78 Å². The molecule has 0 aliphatic carbocycles. The van der Waals surface area contributed by atoms with Crippen molar-refractivity contribution < 1.29 is 8.78 Å². The second-order valence-electron chi connectivity index (χ2n) is 4.04. The third kappa shape index (κ3) is 4.35. The fraction of sp³-hybridized carbons (Fsp3) is 0. The highest BCUT2D eigenvalue weighted by atomic mass is 79.9. The molecular weight excluding hydrogens is 465 g/mol. The van der Waals surface area contributed by atoms with Gasteiger partial charge in [-0.2, -0.15) is 0 Å². The van der Waals surface area contributed by atoms with Gasteiger partial charge in [-0.05, 0) is 56.1 Å². The van der Waals surface area contributed by atoms with Crippen LogP contribution < -0.4 is 0 Å². The van der Waals surface area contributed by atoms with Crippen LogP contribution in [0.3, 0.4) is 0 Å². The molecule has 2 rings (SSSR count). The van der Waals surface area contributed by atoms with Crippen LogP contribution in [0.2, 0.25) is 0 Å². The van der Waals surface area contributed by atoms with Gasteiger partial charge in [0.1, 0.15) is 11.6 Å². The third-order valence-electron chi connectivity index (χ3n) is 2.54. The Hall–Kier alpha value is -0.820.